The molecule has 0 spiro atoms. The van der Waals surface area contributed by atoms with Crippen molar-refractivity contribution < 1.29 is 13.9 Å². The van der Waals surface area contributed by atoms with Crippen molar-refractivity contribution >= 4 is 34.2 Å². The van der Waals surface area contributed by atoms with Crippen molar-refractivity contribution in [2.24, 2.45) is 0 Å². The summed E-state index contributed by atoms with van der Waals surface area (Å²) >= 11 is 11.9. The van der Waals surface area contributed by atoms with E-state index in [0.717, 1.165) is 5.39 Å². The molecule has 1 atom stereocenters. The molecule has 0 radical (unpaired) electrons. The number of fused-ring (bicyclic) bond motifs is 1. The lowest BCUT2D eigenvalue weighted by molar-refractivity contribution is 0.152. The van der Waals surface area contributed by atoms with Crippen molar-refractivity contribution in [3.05, 3.63) is 69.7 Å². The average Bonchev–Trinajstić information content (AvgIpc) is 2.85. The van der Waals surface area contributed by atoms with Gasteiger partial charge >= 0.3 is 0 Å². The lowest BCUT2D eigenvalue weighted by Crippen LogP contribution is -2.01. The highest BCUT2D eigenvalue weighted by Gasteiger charge is 2.16. The van der Waals surface area contributed by atoms with E-state index in [-0.39, 0.29) is 11.4 Å². The van der Waals surface area contributed by atoms with Gasteiger partial charge in [0.05, 0.1) is 0 Å². The van der Waals surface area contributed by atoms with E-state index in [1.54, 1.807) is 30.3 Å². The second-order valence-corrected chi connectivity index (χ2v) is 5.63. The van der Waals surface area contributed by atoms with E-state index < -0.39 is 11.9 Å². The number of hydrogen-bond acceptors (Lipinski definition) is 2. The van der Waals surface area contributed by atoms with E-state index in [9.17, 15) is 9.50 Å². The van der Waals surface area contributed by atoms with Crippen molar-refractivity contribution in [2.45, 2.75) is 12.5 Å². The van der Waals surface area contributed by atoms with Crippen molar-refractivity contribution in [3.8, 4) is 0 Å². The number of aliphatic hydroxyl groups excluding tert-OH is 1. The number of halogens is 3. The minimum absolute atomic E-state index is 0.243. The van der Waals surface area contributed by atoms with Crippen molar-refractivity contribution in [3.63, 3.8) is 0 Å². The van der Waals surface area contributed by atoms with Crippen molar-refractivity contribution in [1.82, 2.24) is 0 Å². The molecule has 1 heterocycles. The van der Waals surface area contributed by atoms with E-state index in [0.29, 0.717) is 21.9 Å². The number of rotatable bonds is 3. The molecule has 21 heavy (non-hydrogen) atoms. The van der Waals surface area contributed by atoms with Crippen LogP contribution in [0.1, 0.15) is 17.4 Å². The molecule has 0 bridgehead atoms. The van der Waals surface area contributed by atoms with E-state index in [1.807, 2.05) is 0 Å². The van der Waals surface area contributed by atoms with Crippen LogP contribution in [0.5, 0.6) is 0 Å². The third-order valence-corrected chi connectivity index (χ3v) is 3.84. The molecule has 0 aliphatic carbocycles. The van der Waals surface area contributed by atoms with Gasteiger partial charge in [-0.3, -0.25) is 0 Å². The molecule has 0 aliphatic heterocycles. The summed E-state index contributed by atoms with van der Waals surface area (Å²) in [6.07, 6.45) is -0.619. The van der Waals surface area contributed by atoms with Gasteiger partial charge in [-0.1, -0.05) is 29.3 Å². The van der Waals surface area contributed by atoms with Gasteiger partial charge in [-0.15, -0.1) is 0 Å². The van der Waals surface area contributed by atoms with Gasteiger partial charge in [-0.25, -0.2) is 4.39 Å². The highest BCUT2D eigenvalue weighted by Crippen LogP contribution is 2.29. The molecule has 2 nitrogen and oxygen atoms in total. The largest absolute Gasteiger partial charge is 0.458 e. The minimum Gasteiger partial charge on any atom is -0.458 e. The normalized spacial score (nSPS) is 12.8. The molecular formula is C16H11Cl2FO2. The van der Waals surface area contributed by atoms with Crippen LogP contribution in [-0.2, 0) is 6.42 Å². The monoisotopic (exact) mass is 324 g/mol. The summed E-state index contributed by atoms with van der Waals surface area (Å²) in [7, 11) is 0. The maximum atomic E-state index is 13.0. The fourth-order valence-electron chi connectivity index (χ4n) is 2.20. The maximum Gasteiger partial charge on any atom is 0.134 e. The fourth-order valence-corrected chi connectivity index (χ4v) is 2.62. The van der Waals surface area contributed by atoms with Crippen LogP contribution in [0.2, 0.25) is 10.0 Å². The molecule has 108 valence electrons. The molecule has 3 rings (SSSR count). The first-order valence-electron chi connectivity index (χ1n) is 6.34. The summed E-state index contributed by atoms with van der Waals surface area (Å²) in [5, 5.41) is 12.0. The zero-order chi connectivity index (χ0) is 15.0. The van der Waals surface area contributed by atoms with E-state index in [2.05, 4.69) is 0 Å². The molecule has 0 fully saturated rings. The second kappa shape index (κ2) is 5.68. The first-order chi connectivity index (χ1) is 10.0. The zero-order valence-corrected chi connectivity index (χ0v) is 12.3. The minimum atomic E-state index is -0.862. The first-order valence-corrected chi connectivity index (χ1v) is 7.09. The van der Waals surface area contributed by atoms with Gasteiger partial charge in [-0.2, -0.15) is 0 Å². The van der Waals surface area contributed by atoms with Crippen molar-refractivity contribution in [1.29, 1.82) is 0 Å². The van der Waals surface area contributed by atoms with Gasteiger partial charge in [0.15, 0.2) is 0 Å². The highest BCUT2D eigenvalue weighted by atomic mass is 35.5. The summed E-state index contributed by atoms with van der Waals surface area (Å²) in [5.74, 6) is 0.0178. The molecule has 0 aliphatic rings. The van der Waals surface area contributed by atoms with Crippen LogP contribution in [-0.4, -0.2) is 5.11 Å². The van der Waals surface area contributed by atoms with E-state index in [4.69, 9.17) is 27.6 Å². The predicted octanol–water partition coefficient (Wildman–Crippen LogP) is 5.15. The molecule has 2 aromatic carbocycles. The van der Waals surface area contributed by atoms with Crippen molar-refractivity contribution in [2.75, 3.05) is 0 Å². The predicted molar refractivity (Wildman–Crippen MR) is 81.3 cm³/mol. The maximum absolute atomic E-state index is 13.0. The van der Waals surface area contributed by atoms with Gasteiger partial charge in [0.1, 0.15) is 23.3 Å². The highest BCUT2D eigenvalue weighted by molar-refractivity contribution is 6.31. The molecule has 0 saturated carbocycles. The molecule has 1 aromatic heterocycles. The standard InChI is InChI=1S/C16H11Cl2FO2/c17-11-2-4-15-10(5-11)7-16(21-15)14(20)6-9-1-3-12(19)8-13(9)18/h1-5,7-8,14,20H,6H2. The Kier molecular flexibility index (Phi) is 3.89. The third-order valence-electron chi connectivity index (χ3n) is 3.25. The number of furan rings is 1. The molecule has 1 N–H and O–H groups in total. The molecule has 3 aromatic rings. The molecule has 0 saturated heterocycles. The molecular weight excluding hydrogens is 314 g/mol. The van der Waals surface area contributed by atoms with Crippen LogP contribution < -0.4 is 0 Å². The summed E-state index contributed by atoms with van der Waals surface area (Å²) in [5.41, 5.74) is 1.31. The zero-order valence-electron chi connectivity index (χ0n) is 10.8. The lowest BCUT2D eigenvalue weighted by Gasteiger charge is -2.09. The Morgan fingerprint density at radius 3 is 2.67 bits per heavy atom. The van der Waals surface area contributed by atoms with Gasteiger partial charge in [0, 0.05) is 21.9 Å². The van der Waals surface area contributed by atoms with Crippen LogP contribution in [0, 0.1) is 5.82 Å². The SMILES string of the molecule is OC(Cc1ccc(F)cc1Cl)c1cc2cc(Cl)ccc2o1. The van der Waals surface area contributed by atoms with Crippen LogP contribution in [0.3, 0.4) is 0 Å². The van der Waals surface area contributed by atoms with Crippen LogP contribution >= 0.6 is 23.2 Å². The van der Waals surface area contributed by atoms with E-state index >= 15 is 0 Å². The Bertz CT molecular complexity index is 798. The van der Waals surface area contributed by atoms with Gasteiger partial charge in [-0.05, 0) is 42.0 Å². The summed E-state index contributed by atoms with van der Waals surface area (Å²) in [6, 6.07) is 11.1. The summed E-state index contributed by atoms with van der Waals surface area (Å²) in [6.45, 7) is 0. The van der Waals surface area contributed by atoms with E-state index in [1.165, 1.54) is 12.1 Å². The van der Waals surface area contributed by atoms with Crippen LogP contribution in [0.15, 0.2) is 46.9 Å². The quantitative estimate of drug-likeness (QED) is 0.722. The van der Waals surface area contributed by atoms with Gasteiger partial charge < -0.3 is 9.52 Å². The fraction of sp³-hybridized carbons (Fsp3) is 0.125. The Labute approximate surface area is 130 Å². The molecule has 1 unspecified atom stereocenters. The Morgan fingerprint density at radius 1 is 1.10 bits per heavy atom. The molecule has 5 heteroatoms. The number of benzene rings is 2. The molecule has 0 amide bonds. The summed E-state index contributed by atoms with van der Waals surface area (Å²) in [4.78, 5) is 0. The topological polar surface area (TPSA) is 33.4 Å². The van der Waals surface area contributed by atoms with Crippen LogP contribution in [0.4, 0.5) is 4.39 Å². The number of aliphatic hydroxyl groups is 1. The smallest absolute Gasteiger partial charge is 0.134 e. The van der Waals surface area contributed by atoms with Crippen LogP contribution in [0.25, 0.3) is 11.0 Å². The number of hydrogen-bond donors (Lipinski definition) is 1. The van der Waals surface area contributed by atoms with Gasteiger partial charge in [0.25, 0.3) is 0 Å². The second-order valence-electron chi connectivity index (χ2n) is 4.79. The Hall–Kier alpha value is -1.55. The average molecular weight is 325 g/mol. The Morgan fingerprint density at radius 2 is 1.90 bits per heavy atom. The Balaban J connectivity index is 1.87. The first kappa shape index (κ1) is 14.4. The summed E-state index contributed by atoms with van der Waals surface area (Å²) < 4.78 is 18.6. The van der Waals surface area contributed by atoms with Gasteiger partial charge in [0.2, 0.25) is 0 Å². The third kappa shape index (κ3) is 3.05. The lowest BCUT2D eigenvalue weighted by atomic mass is 10.1.